The second kappa shape index (κ2) is 5.50. The van der Waals surface area contributed by atoms with Crippen molar-refractivity contribution < 1.29 is 0 Å². The molecule has 0 aliphatic carbocycles. The van der Waals surface area contributed by atoms with E-state index >= 15 is 0 Å². The highest BCUT2D eigenvalue weighted by molar-refractivity contribution is 7.00. The highest BCUT2D eigenvalue weighted by Crippen LogP contribution is 2.35. The molecule has 0 aliphatic rings. The molecule has 0 spiro atoms. The molecule has 0 unspecified atom stereocenters. The van der Waals surface area contributed by atoms with Crippen molar-refractivity contribution in [1.29, 1.82) is 0 Å². The number of anilines is 2. The molecule has 1 N–H and O–H groups in total. The number of hydrogen-bond donors (Lipinski definition) is 1. The minimum absolute atomic E-state index is 0.151. The van der Waals surface area contributed by atoms with Crippen LogP contribution in [0.5, 0.6) is 0 Å². The third kappa shape index (κ3) is 2.52. The zero-order chi connectivity index (χ0) is 14.3. The number of hydrogen-bond acceptors (Lipinski definition) is 5. The molecule has 2 heterocycles. The van der Waals surface area contributed by atoms with Crippen LogP contribution in [0.1, 0.15) is 0 Å². The first-order valence-corrected chi connectivity index (χ1v) is 7.50. The molecule has 0 atom stereocenters. The molecule has 9 heteroatoms. The van der Waals surface area contributed by atoms with Crippen molar-refractivity contribution in [2.75, 3.05) is 5.32 Å². The van der Waals surface area contributed by atoms with E-state index in [0.717, 1.165) is 17.2 Å². The van der Waals surface area contributed by atoms with Crippen LogP contribution in [0, 0.1) is 0 Å². The predicted octanol–water partition coefficient (Wildman–Crippen LogP) is 5.44. The van der Waals surface area contributed by atoms with Gasteiger partial charge in [-0.25, -0.2) is 4.98 Å². The molecule has 0 amide bonds. The summed E-state index contributed by atoms with van der Waals surface area (Å²) < 4.78 is 8.35. The van der Waals surface area contributed by atoms with E-state index in [-0.39, 0.29) is 10.2 Å². The standard InChI is InChI=1S/C11H4Cl4N4S/c12-4-1-2-7-9(19-20-18-7)8(4)16-11-6(14)3-5(13)10(15)17-11/h1-3H,(H,16,17). The SMILES string of the molecule is Clc1cc(Cl)c(Nc2c(Cl)ccc3nsnc23)nc1Cl. The summed E-state index contributed by atoms with van der Waals surface area (Å²) in [6.45, 7) is 0. The first-order chi connectivity index (χ1) is 9.56. The van der Waals surface area contributed by atoms with Crippen molar-refractivity contribution in [3.05, 3.63) is 38.4 Å². The molecule has 3 aromatic rings. The summed E-state index contributed by atoms with van der Waals surface area (Å²) in [6, 6.07) is 5.02. The number of nitrogens with one attached hydrogen (secondary N) is 1. The summed E-state index contributed by atoms with van der Waals surface area (Å²) in [5.74, 6) is 0.350. The van der Waals surface area contributed by atoms with E-state index in [1.54, 1.807) is 12.1 Å². The van der Waals surface area contributed by atoms with Crippen LogP contribution in [-0.4, -0.2) is 13.7 Å². The number of nitrogens with zero attached hydrogens (tertiary/aromatic N) is 3. The molecular weight excluding hydrogens is 362 g/mol. The fourth-order valence-electron chi connectivity index (χ4n) is 1.60. The van der Waals surface area contributed by atoms with Gasteiger partial charge in [0.05, 0.1) is 32.5 Å². The normalized spacial score (nSPS) is 11.0. The van der Waals surface area contributed by atoms with Crippen molar-refractivity contribution >= 4 is 80.7 Å². The van der Waals surface area contributed by atoms with E-state index in [1.807, 2.05) is 0 Å². The Bertz CT molecular complexity index is 804. The van der Waals surface area contributed by atoms with E-state index in [2.05, 4.69) is 19.0 Å². The quantitative estimate of drug-likeness (QED) is 0.614. The van der Waals surface area contributed by atoms with Crippen LogP contribution in [0.15, 0.2) is 18.2 Å². The Morgan fingerprint density at radius 2 is 1.75 bits per heavy atom. The number of halogens is 4. The van der Waals surface area contributed by atoms with Gasteiger partial charge in [0.2, 0.25) is 0 Å². The maximum absolute atomic E-state index is 6.18. The van der Waals surface area contributed by atoms with Crippen molar-refractivity contribution in [2.24, 2.45) is 0 Å². The van der Waals surface area contributed by atoms with Gasteiger partial charge in [0.1, 0.15) is 16.2 Å². The average Bonchev–Trinajstić information content (AvgIpc) is 2.87. The molecule has 0 radical (unpaired) electrons. The van der Waals surface area contributed by atoms with Gasteiger partial charge in [0.25, 0.3) is 0 Å². The number of benzene rings is 1. The van der Waals surface area contributed by atoms with Crippen LogP contribution in [0.3, 0.4) is 0 Å². The Morgan fingerprint density at radius 3 is 2.55 bits per heavy atom. The first-order valence-electron chi connectivity index (χ1n) is 5.25. The highest BCUT2D eigenvalue weighted by atomic mass is 35.5. The number of pyridine rings is 1. The lowest BCUT2D eigenvalue weighted by Crippen LogP contribution is -1.97. The summed E-state index contributed by atoms with van der Waals surface area (Å²) >= 11 is 25.1. The molecular formula is C11H4Cl4N4S. The van der Waals surface area contributed by atoms with E-state index in [9.17, 15) is 0 Å². The van der Waals surface area contributed by atoms with Gasteiger partial charge in [-0.3, -0.25) is 0 Å². The van der Waals surface area contributed by atoms with Gasteiger partial charge < -0.3 is 5.32 Å². The van der Waals surface area contributed by atoms with Crippen LogP contribution in [-0.2, 0) is 0 Å². The first kappa shape index (κ1) is 14.1. The monoisotopic (exact) mass is 364 g/mol. The van der Waals surface area contributed by atoms with Crippen molar-refractivity contribution in [2.45, 2.75) is 0 Å². The number of rotatable bonds is 2. The maximum Gasteiger partial charge on any atom is 0.151 e. The summed E-state index contributed by atoms with van der Waals surface area (Å²) in [5, 5.41) is 4.26. The van der Waals surface area contributed by atoms with E-state index in [4.69, 9.17) is 46.4 Å². The molecule has 1 aromatic carbocycles. The van der Waals surface area contributed by atoms with Crippen LogP contribution >= 0.6 is 58.1 Å². The molecule has 20 heavy (non-hydrogen) atoms. The Hall–Kier alpha value is -0.850. The van der Waals surface area contributed by atoms with E-state index in [0.29, 0.717) is 27.1 Å². The van der Waals surface area contributed by atoms with Crippen molar-refractivity contribution in [3.8, 4) is 0 Å². The minimum Gasteiger partial charge on any atom is -0.336 e. The molecule has 0 saturated heterocycles. The summed E-state index contributed by atoms with van der Waals surface area (Å²) in [5.41, 5.74) is 1.95. The van der Waals surface area contributed by atoms with Crippen LogP contribution in [0.25, 0.3) is 11.0 Å². The third-order valence-corrected chi connectivity index (χ3v) is 4.33. The Morgan fingerprint density at radius 1 is 0.950 bits per heavy atom. The van der Waals surface area contributed by atoms with Crippen molar-refractivity contribution in [1.82, 2.24) is 13.7 Å². The largest absolute Gasteiger partial charge is 0.336 e. The van der Waals surface area contributed by atoms with E-state index < -0.39 is 0 Å². The summed E-state index contributed by atoms with van der Waals surface area (Å²) in [4.78, 5) is 4.09. The van der Waals surface area contributed by atoms with Gasteiger partial charge in [-0.2, -0.15) is 8.75 Å². The molecule has 3 rings (SSSR count). The zero-order valence-electron chi connectivity index (χ0n) is 9.49. The lowest BCUT2D eigenvalue weighted by molar-refractivity contribution is 1.31. The predicted molar refractivity (Wildman–Crippen MR) is 85.0 cm³/mol. The minimum atomic E-state index is 0.151. The van der Waals surface area contributed by atoms with Gasteiger partial charge in [0, 0.05) is 0 Å². The van der Waals surface area contributed by atoms with Gasteiger partial charge in [0.15, 0.2) is 5.82 Å². The van der Waals surface area contributed by atoms with Gasteiger partial charge in [-0.05, 0) is 18.2 Å². The molecule has 0 saturated carbocycles. The molecule has 102 valence electrons. The molecule has 0 aliphatic heterocycles. The maximum atomic E-state index is 6.18. The molecule has 0 bridgehead atoms. The Balaban J connectivity index is 2.12. The van der Waals surface area contributed by atoms with Gasteiger partial charge in [-0.15, -0.1) is 0 Å². The van der Waals surface area contributed by atoms with Gasteiger partial charge >= 0.3 is 0 Å². The number of aromatic nitrogens is 3. The second-order valence-corrected chi connectivity index (χ2v) is 5.88. The molecule has 0 fully saturated rings. The summed E-state index contributed by atoms with van der Waals surface area (Å²) in [7, 11) is 0. The lowest BCUT2D eigenvalue weighted by atomic mass is 10.2. The molecule has 4 nitrogen and oxygen atoms in total. The Labute approximate surface area is 138 Å². The number of fused-ring (bicyclic) bond motifs is 1. The fraction of sp³-hybridized carbons (Fsp3) is 0. The van der Waals surface area contributed by atoms with Crippen molar-refractivity contribution in [3.63, 3.8) is 0 Å². The average molecular weight is 366 g/mol. The van der Waals surface area contributed by atoms with Gasteiger partial charge in [-0.1, -0.05) is 46.4 Å². The fourth-order valence-corrected chi connectivity index (χ4v) is 2.88. The summed E-state index contributed by atoms with van der Waals surface area (Å²) in [6.07, 6.45) is 0. The topological polar surface area (TPSA) is 50.7 Å². The second-order valence-electron chi connectivity index (χ2n) is 3.77. The highest BCUT2D eigenvalue weighted by Gasteiger charge is 2.14. The third-order valence-electron chi connectivity index (χ3n) is 2.51. The molecule has 2 aromatic heterocycles. The lowest BCUT2D eigenvalue weighted by Gasteiger charge is -2.10. The zero-order valence-corrected chi connectivity index (χ0v) is 13.3. The van der Waals surface area contributed by atoms with Crippen LogP contribution in [0.2, 0.25) is 20.2 Å². The van der Waals surface area contributed by atoms with E-state index in [1.165, 1.54) is 6.07 Å². The van der Waals surface area contributed by atoms with Crippen LogP contribution in [0.4, 0.5) is 11.5 Å². The smallest absolute Gasteiger partial charge is 0.151 e. The van der Waals surface area contributed by atoms with Crippen LogP contribution < -0.4 is 5.32 Å². The Kier molecular flexibility index (Phi) is 3.88.